The fourth-order valence-corrected chi connectivity index (χ4v) is 3.76. The van der Waals surface area contributed by atoms with E-state index in [0.717, 1.165) is 23.9 Å². The monoisotopic (exact) mass is 359 g/mol. The van der Waals surface area contributed by atoms with Crippen LogP contribution in [0.5, 0.6) is 0 Å². The first-order valence-electron chi connectivity index (χ1n) is 9.22. The van der Waals surface area contributed by atoms with Crippen molar-refractivity contribution in [2.24, 2.45) is 11.8 Å². The highest BCUT2D eigenvalue weighted by Crippen LogP contribution is 2.47. The lowest BCUT2D eigenvalue weighted by Crippen LogP contribution is -2.28. The number of rotatable bonds is 6. The Bertz CT molecular complexity index is 779. The van der Waals surface area contributed by atoms with Gasteiger partial charge in [0, 0.05) is 32.2 Å². The van der Waals surface area contributed by atoms with Crippen LogP contribution in [0.3, 0.4) is 0 Å². The summed E-state index contributed by atoms with van der Waals surface area (Å²) in [5, 5.41) is 11.3. The normalized spacial score (nSPS) is 23.2. The van der Waals surface area contributed by atoms with Crippen molar-refractivity contribution < 1.29 is 14.1 Å². The van der Waals surface area contributed by atoms with Gasteiger partial charge in [0.25, 0.3) is 5.91 Å². The van der Waals surface area contributed by atoms with E-state index < -0.39 is 0 Å². The van der Waals surface area contributed by atoms with Crippen LogP contribution in [-0.4, -0.2) is 51.3 Å². The second-order valence-corrected chi connectivity index (χ2v) is 7.66. The highest BCUT2D eigenvalue weighted by atomic mass is 16.5. The lowest BCUT2D eigenvalue weighted by Gasteiger charge is -2.14. The van der Waals surface area contributed by atoms with Crippen molar-refractivity contribution in [2.75, 3.05) is 20.2 Å². The summed E-state index contributed by atoms with van der Waals surface area (Å²) in [5.74, 6) is 3.17. The van der Waals surface area contributed by atoms with Gasteiger partial charge < -0.3 is 14.2 Å². The molecular weight excluding hydrogens is 334 g/mol. The molecule has 2 fully saturated rings. The van der Waals surface area contributed by atoms with Gasteiger partial charge in [0.2, 0.25) is 5.76 Å². The molecule has 0 radical (unpaired) electrons. The van der Waals surface area contributed by atoms with Crippen molar-refractivity contribution >= 4 is 5.91 Å². The Balaban J connectivity index is 1.52. The second-order valence-electron chi connectivity index (χ2n) is 7.66. The average Bonchev–Trinajstić information content (AvgIpc) is 3.06. The summed E-state index contributed by atoms with van der Waals surface area (Å²) in [6.07, 6.45) is 2.44. The van der Waals surface area contributed by atoms with Crippen molar-refractivity contribution in [1.82, 2.24) is 25.2 Å². The number of H-pyrrole nitrogens is 1. The smallest absolute Gasteiger partial charge is 0.292 e. The summed E-state index contributed by atoms with van der Waals surface area (Å²) in [6.45, 7) is 5.80. The highest BCUT2D eigenvalue weighted by molar-refractivity contribution is 5.91. The molecule has 8 nitrogen and oxygen atoms in total. The van der Waals surface area contributed by atoms with Gasteiger partial charge in [0.1, 0.15) is 6.61 Å². The van der Waals surface area contributed by atoms with E-state index in [1.807, 2.05) is 18.7 Å². The van der Waals surface area contributed by atoms with Crippen molar-refractivity contribution in [3.63, 3.8) is 0 Å². The zero-order chi connectivity index (χ0) is 18.3. The summed E-state index contributed by atoms with van der Waals surface area (Å²) in [4.78, 5) is 19.3. The van der Waals surface area contributed by atoms with Gasteiger partial charge in [-0.3, -0.25) is 9.89 Å². The Morgan fingerprint density at radius 1 is 1.42 bits per heavy atom. The third-order valence-corrected chi connectivity index (χ3v) is 5.37. The minimum atomic E-state index is -0.0924. The molecule has 2 atom stereocenters. The Morgan fingerprint density at radius 2 is 2.23 bits per heavy atom. The van der Waals surface area contributed by atoms with Gasteiger partial charge >= 0.3 is 0 Å². The van der Waals surface area contributed by atoms with E-state index in [4.69, 9.17) is 9.26 Å². The van der Waals surface area contributed by atoms with Gasteiger partial charge in [0.15, 0.2) is 11.6 Å². The molecule has 1 saturated heterocycles. The summed E-state index contributed by atoms with van der Waals surface area (Å²) < 4.78 is 10.4. The Hall–Kier alpha value is -2.22. The molecule has 2 aromatic heterocycles. The van der Waals surface area contributed by atoms with Gasteiger partial charge in [-0.15, -0.1) is 0 Å². The maximum Gasteiger partial charge on any atom is 0.292 e. The first-order chi connectivity index (χ1) is 12.6. The third kappa shape index (κ3) is 3.25. The molecule has 4 rings (SSSR count). The lowest BCUT2D eigenvalue weighted by molar-refractivity contribution is 0.0743. The van der Waals surface area contributed by atoms with Gasteiger partial charge in [-0.1, -0.05) is 19.0 Å². The SMILES string of the molecule is COCc1nc([C@H]2CN(C(=O)c3cc(C(C)C)no3)C[C@@H]2C2CC2)n[nH]1. The zero-order valence-electron chi connectivity index (χ0n) is 15.4. The number of aromatic nitrogens is 4. The molecule has 1 aliphatic carbocycles. The van der Waals surface area contributed by atoms with Gasteiger partial charge in [-0.05, 0) is 30.6 Å². The van der Waals surface area contributed by atoms with Crippen molar-refractivity contribution in [3.05, 3.63) is 29.2 Å². The molecule has 26 heavy (non-hydrogen) atoms. The number of ether oxygens (including phenoxy) is 1. The molecule has 0 unspecified atom stereocenters. The maximum absolute atomic E-state index is 12.9. The standard InChI is InChI=1S/C18H25N5O3/c1-10(2)14-6-15(26-22-14)18(24)23-7-12(11-4-5-11)13(8-23)17-19-16(9-25-3)20-21-17/h6,10-13H,4-5,7-9H2,1-3H3,(H,19,20,21)/t12-,13+/m1/s1. The molecule has 0 spiro atoms. The minimum Gasteiger partial charge on any atom is -0.377 e. The number of likely N-dealkylation sites (tertiary alicyclic amines) is 1. The largest absolute Gasteiger partial charge is 0.377 e. The maximum atomic E-state index is 12.9. The number of methoxy groups -OCH3 is 1. The van der Waals surface area contributed by atoms with Crippen LogP contribution in [-0.2, 0) is 11.3 Å². The molecule has 8 heteroatoms. The van der Waals surface area contributed by atoms with E-state index in [2.05, 4.69) is 20.3 Å². The number of aromatic amines is 1. The summed E-state index contributed by atoms with van der Waals surface area (Å²) in [6, 6.07) is 1.76. The van der Waals surface area contributed by atoms with Crippen LogP contribution in [0.25, 0.3) is 0 Å². The highest BCUT2D eigenvalue weighted by Gasteiger charge is 2.46. The predicted octanol–water partition coefficient (Wildman–Crippen LogP) is 2.33. The molecule has 2 aliphatic rings. The average molecular weight is 359 g/mol. The number of carbonyl (C=O) groups excluding carboxylic acids is 1. The van der Waals surface area contributed by atoms with Crippen molar-refractivity contribution in [1.29, 1.82) is 0 Å². The van der Waals surface area contributed by atoms with E-state index in [1.165, 1.54) is 12.8 Å². The number of hydrogen-bond donors (Lipinski definition) is 1. The lowest BCUT2D eigenvalue weighted by atomic mass is 9.91. The summed E-state index contributed by atoms with van der Waals surface area (Å²) >= 11 is 0. The van der Waals surface area contributed by atoms with Gasteiger partial charge in [-0.25, -0.2) is 4.98 Å². The predicted molar refractivity (Wildman–Crippen MR) is 92.5 cm³/mol. The molecule has 0 aromatic carbocycles. The number of hydrogen-bond acceptors (Lipinski definition) is 6. The van der Waals surface area contributed by atoms with Crippen molar-refractivity contribution in [3.8, 4) is 0 Å². The molecule has 1 saturated carbocycles. The van der Waals surface area contributed by atoms with Crippen LogP contribution in [0.1, 0.15) is 66.4 Å². The molecule has 140 valence electrons. The van der Waals surface area contributed by atoms with Gasteiger partial charge in [-0.2, -0.15) is 5.10 Å². The zero-order valence-corrected chi connectivity index (χ0v) is 15.4. The van der Waals surface area contributed by atoms with Crippen LogP contribution in [0.2, 0.25) is 0 Å². The summed E-state index contributed by atoms with van der Waals surface area (Å²) in [5.41, 5.74) is 0.806. The molecule has 3 heterocycles. The quantitative estimate of drug-likeness (QED) is 0.850. The molecule has 2 aromatic rings. The third-order valence-electron chi connectivity index (χ3n) is 5.37. The first-order valence-corrected chi connectivity index (χ1v) is 9.22. The first kappa shape index (κ1) is 17.2. The Kier molecular flexibility index (Phi) is 4.52. The molecular formula is C18H25N5O3. The second kappa shape index (κ2) is 6.83. The number of nitrogens with one attached hydrogen (secondary N) is 1. The van der Waals surface area contributed by atoms with E-state index >= 15 is 0 Å². The summed E-state index contributed by atoms with van der Waals surface area (Å²) in [7, 11) is 1.63. The van der Waals surface area contributed by atoms with E-state index in [0.29, 0.717) is 30.7 Å². The Labute approximate surface area is 152 Å². The topological polar surface area (TPSA) is 97.1 Å². The van der Waals surface area contributed by atoms with Crippen LogP contribution in [0, 0.1) is 11.8 Å². The van der Waals surface area contributed by atoms with Crippen molar-refractivity contribution in [2.45, 2.75) is 45.1 Å². The molecule has 1 aliphatic heterocycles. The number of carbonyl (C=O) groups is 1. The van der Waals surface area contributed by atoms with E-state index in [9.17, 15) is 4.79 Å². The van der Waals surface area contributed by atoms with Crippen LogP contribution in [0.15, 0.2) is 10.6 Å². The fourth-order valence-electron chi connectivity index (χ4n) is 3.76. The fraction of sp³-hybridized carbons (Fsp3) is 0.667. The van der Waals surface area contributed by atoms with Crippen LogP contribution < -0.4 is 0 Å². The number of amides is 1. The van der Waals surface area contributed by atoms with E-state index in [1.54, 1.807) is 13.2 Å². The molecule has 1 N–H and O–H groups in total. The van der Waals surface area contributed by atoms with Gasteiger partial charge in [0.05, 0.1) is 5.69 Å². The number of nitrogens with zero attached hydrogens (tertiary/aromatic N) is 4. The molecule has 1 amide bonds. The molecule has 0 bridgehead atoms. The van der Waals surface area contributed by atoms with E-state index in [-0.39, 0.29) is 17.7 Å². The van der Waals surface area contributed by atoms with Crippen LogP contribution >= 0.6 is 0 Å². The minimum absolute atomic E-state index is 0.0924. The van der Waals surface area contributed by atoms with Crippen LogP contribution in [0.4, 0.5) is 0 Å². The Morgan fingerprint density at radius 3 is 2.88 bits per heavy atom.